The molecular weight excluding hydrogens is 283 g/mol. The van der Waals surface area contributed by atoms with Crippen molar-refractivity contribution in [3.63, 3.8) is 0 Å². The smallest absolute Gasteiger partial charge is 0.270 e. The van der Waals surface area contributed by atoms with Crippen molar-refractivity contribution in [2.24, 2.45) is 0 Å². The molecule has 0 saturated heterocycles. The monoisotopic (exact) mass is 302 g/mol. The number of benzene rings is 1. The average molecular weight is 302 g/mol. The number of rotatable bonds is 6. The number of halogens is 1. The van der Waals surface area contributed by atoms with E-state index in [-0.39, 0.29) is 17.8 Å². The topological polar surface area (TPSA) is 66.9 Å². The number of anilines is 1. The van der Waals surface area contributed by atoms with Gasteiger partial charge in [-0.3, -0.25) is 4.79 Å². The molecule has 0 spiro atoms. The third-order valence-electron chi connectivity index (χ3n) is 3.28. The molecule has 1 aromatic heterocycles. The minimum Gasteiger partial charge on any atom is -0.366 e. The summed E-state index contributed by atoms with van der Waals surface area (Å²) in [5.74, 6) is 0.0602. The van der Waals surface area contributed by atoms with E-state index in [9.17, 15) is 9.18 Å². The Kier molecular flexibility index (Phi) is 5.41. The standard InChI is InChI=1S/C16H19FN4O/c1-3-11(2)21-16(22)14-8-15(20-10-19-14)18-9-12-4-6-13(17)7-5-12/h4-8,10-11H,3,9H2,1-2H3,(H,21,22)(H,18,19,20). The minimum atomic E-state index is -0.269. The number of amides is 1. The lowest BCUT2D eigenvalue weighted by Gasteiger charge is -2.11. The van der Waals surface area contributed by atoms with Gasteiger partial charge in [-0.05, 0) is 31.0 Å². The fourth-order valence-corrected chi connectivity index (χ4v) is 1.77. The van der Waals surface area contributed by atoms with Gasteiger partial charge >= 0.3 is 0 Å². The van der Waals surface area contributed by atoms with E-state index in [2.05, 4.69) is 20.6 Å². The number of carbonyl (C=O) groups excluding carboxylic acids is 1. The zero-order valence-electron chi connectivity index (χ0n) is 12.6. The van der Waals surface area contributed by atoms with E-state index in [1.807, 2.05) is 13.8 Å². The van der Waals surface area contributed by atoms with E-state index in [0.29, 0.717) is 18.1 Å². The third-order valence-corrected chi connectivity index (χ3v) is 3.28. The first-order valence-electron chi connectivity index (χ1n) is 7.19. The third kappa shape index (κ3) is 4.51. The minimum absolute atomic E-state index is 0.0955. The zero-order chi connectivity index (χ0) is 15.9. The number of hydrogen-bond acceptors (Lipinski definition) is 4. The lowest BCUT2D eigenvalue weighted by molar-refractivity contribution is 0.0934. The molecule has 2 N–H and O–H groups in total. The molecule has 1 amide bonds. The Morgan fingerprint density at radius 2 is 2.00 bits per heavy atom. The van der Waals surface area contributed by atoms with Gasteiger partial charge in [0.15, 0.2) is 0 Å². The Morgan fingerprint density at radius 1 is 1.27 bits per heavy atom. The molecule has 6 heteroatoms. The summed E-state index contributed by atoms with van der Waals surface area (Å²) in [6.07, 6.45) is 2.20. The van der Waals surface area contributed by atoms with Crippen LogP contribution in [0.1, 0.15) is 36.3 Å². The largest absolute Gasteiger partial charge is 0.366 e. The lowest BCUT2D eigenvalue weighted by atomic mass is 10.2. The van der Waals surface area contributed by atoms with Crippen molar-refractivity contribution >= 4 is 11.7 Å². The Hall–Kier alpha value is -2.50. The van der Waals surface area contributed by atoms with Gasteiger partial charge in [0.2, 0.25) is 0 Å². The molecule has 0 fully saturated rings. The normalized spacial score (nSPS) is 11.8. The molecule has 1 aromatic carbocycles. The summed E-state index contributed by atoms with van der Waals surface area (Å²) in [6, 6.07) is 7.89. The van der Waals surface area contributed by atoms with Gasteiger partial charge in [-0.15, -0.1) is 0 Å². The van der Waals surface area contributed by atoms with Gasteiger partial charge in [-0.1, -0.05) is 19.1 Å². The lowest BCUT2D eigenvalue weighted by Crippen LogP contribution is -2.32. The van der Waals surface area contributed by atoms with Gasteiger partial charge in [0, 0.05) is 18.7 Å². The first kappa shape index (κ1) is 15.9. The second-order valence-electron chi connectivity index (χ2n) is 5.05. The van der Waals surface area contributed by atoms with Crippen LogP contribution in [0.5, 0.6) is 0 Å². The second kappa shape index (κ2) is 7.49. The molecule has 0 aliphatic rings. The maximum absolute atomic E-state index is 12.8. The summed E-state index contributed by atoms with van der Waals surface area (Å²) >= 11 is 0. The van der Waals surface area contributed by atoms with Crippen LogP contribution in [0.2, 0.25) is 0 Å². The molecule has 1 unspecified atom stereocenters. The highest BCUT2D eigenvalue weighted by Gasteiger charge is 2.10. The van der Waals surface area contributed by atoms with Crippen molar-refractivity contribution in [1.82, 2.24) is 15.3 Å². The van der Waals surface area contributed by atoms with Gasteiger partial charge in [0.25, 0.3) is 5.91 Å². The summed E-state index contributed by atoms with van der Waals surface area (Å²) in [5.41, 5.74) is 1.24. The van der Waals surface area contributed by atoms with Gasteiger partial charge < -0.3 is 10.6 Å². The summed E-state index contributed by atoms with van der Waals surface area (Å²) in [7, 11) is 0. The predicted octanol–water partition coefficient (Wildman–Crippen LogP) is 2.76. The quantitative estimate of drug-likeness (QED) is 0.861. The number of aromatic nitrogens is 2. The molecule has 2 rings (SSSR count). The van der Waals surface area contributed by atoms with Gasteiger partial charge in [-0.25, -0.2) is 14.4 Å². The fraction of sp³-hybridized carbons (Fsp3) is 0.312. The Morgan fingerprint density at radius 3 is 2.68 bits per heavy atom. The molecule has 0 aliphatic heterocycles. The Balaban J connectivity index is 1.99. The van der Waals surface area contributed by atoms with Crippen molar-refractivity contribution in [1.29, 1.82) is 0 Å². The number of carbonyl (C=O) groups is 1. The van der Waals surface area contributed by atoms with Crippen molar-refractivity contribution < 1.29 is 9.18 Å². The predicted molar refractivity (Wildman–Crippen MR) is 83.0 cm³/mol. The zero-order valence-corrected chi connectivity index (χ0v) is 12.6. The van der Waals surface area contributed by atoms with Crippen LogP contribution in [0, 0.1) is 5.82 Å². The summed E-state index contributed by atoms with van der Waals surface area (Å²) in [4.78, 5) is 20.1. The van der Waals surface area contributed by atoms with E-state index in [1.54, 1.807) is 18.2 Å². The van der Waals surface area contributed by atoms with Gasteiger partial charge in [0.05, 0.1) is 0 Å². The molecule has 0 saturated carbocycles. The van der Waals surface area contributed by atoms with E-state index in [4.69, 9.17) is 0 Å². The van der Waals surface area contributed by atoms with Crippen molar-refractivity contribution in [2.75, 3.05) is 5.32 Å². The summed E-state index contributed by atoms with van der Waals surface area (Å²) in [6.45, 7) is 4.43. The number of nitrogens with zero attached hydrogens (tertiary/aromatic N) is 2. The maximum Gasteiger partial charge on any atom is 0.270 e. The molecule has 116 valence electrons. The van der Waals surface area contributed by atoms with E-state index in [0.717, 1.165) is 12.0 Å². The van der Waals surface area contributed by atoms with Gasteiger partial charge in [0.1, 0.15) is 23.7 Å². The molecule has 0 bridgehead atoms. The van der Waals surface area contributed by atoms with Crippen LogP contribution in [0.4, 0.5) is 10.2 Å². The highest BCUT2D eigenvalue weighted by atomic mass is 19.1. The van der Waals surface area contributed by atoms with Crippen LogP contribution in [0.3, 0.4) is 0 Å². The number of nitrogens with one attached hydrogen (secondary N) is 2. The molecule has 1 atom stereocenters. The van der Waals surface area contributed by atoms with Crippen LogP contribution in [0.25, 0.3) is 0 Å². The first-order valence-corrected chi connectivity index (χ1v) is 7.19. The van der Waals surface area contributed by atoms with Crippen LogP contribution < -0.4 is 10.6 Å². The van der Waals surface area contributed by atoms with E-state index in [1.165, 1.54) is 18.5 Å². The van der Waals surface area contributed by atoms with Crippen LogP contribution >= 0.6 is 0 Å². The van der Waals surface area contributed by atoms with Crippen molar-refractivity contribution in [3.05, 3.63) is 53.7 Å². The first-order chi connectivity index (χ1) is 10.6. The SMILES string of the molecule is CCC(C)NC(=O)c1cc(NCc2ccc(F)cc2)ncn1. The Bertz CT molecular complexity index is 630. The fourth-order valence-electron chi connectivity index (χ4n) is 1.77. The highest BCUT2D eigenvalue weighted by molar-refractivity contribution is 5.93. The maximum atomic E-state index is 12.8. The van der Waals surface area contributed by atoms with E-state index >= 15 is 0 Å². The molecule has 22 heavy (non-hydrogen) atoms. The average Bonchev–Trinajstić information content (AvgIpc) is 2.54. The molecule has 0 radical (unpaired) electrons. The second-order valence-corrected chi connectivity index (χ2v) is 5.05. The Labute approximate surface area is 129 Å². The van der Waals surface area contributed by atoms with Crippen LogP contribution in [0.15, 0.2) is 36.7 Å². The number of hydrogen-bond donors (Lipinski definition) is 2. The van der Waals surface area contributed by atoms with Crippen LogP contribution in [-0.4, -0.2) is 21.9 Å². The highest BCUT2D eigenvalue weighted by Crippen LogP contribution is 2.08. The molecule has 0 aliphatic carbocycles. The summed E-state index contributed by atoms with van der Waals surface area (Å²) < 4.78 is 12.8. The molecular formula is C16H19FN4O. The van der Waals surface area contributed by atoms with Crippen LogP contribution in [-0.2, 0) is 6.54 Å². The molecule has 2 aromatic rings. The van der Waals surface area contributed by atoms with Crippen molar-refractivity contribution in [3.8, 4) is 0 Å². The van der Waals surface area contributed by atoms with E-state index < -0.39 is 0 Å². The summed E-state index contributed by atoms with van der Waals surface area (Å²) in [5, 5.41) is 5.94. The molecule has 5 nitrogen and oxygen atoms in total. The van der Waals surface area contributed by atoms with Crippen molar-refractivity contribution in [2.45, 2.75) is 32.9 Å². The molecule has 1 heterocycles. The van der Waals surface area contributed by atoms with Gasteiger partial charge in [-0.2, -0.15) is 0 Å².